The molecule has 0 bridgehead atoms. The van der Waals surface area contributed by atoms with E-state index >= 15 is 0 Å². The summed E-state index contributed by atoms with van der Waals surface area (Å²) in [6.07, 6.45) is 0.766. The predicted molar refractivity (Wildman–Crippen MR) is 123 cm³/mol. The SMILES string of the molecule is COc1cccc(C(=O)N(CCCN2CCOCC2)c2nc3ccc(F)cc3s2)c1OC. The zero-order chi connectivity index (χ0) is 22.5. The summed E-state index contributed by atoms with van der Waals surface area (Å²) in [5.41, 5.74) is 1.05. The Kier molecular flexibility index (Phi) is 7.19. The van der Waals surface area contributed by atoms with Gasteiger partial charge in [-0.1, -0.05) is 17.4 Å². The molecular formula is C23H26FN3O4S. The molecule has 4 rings (SSSR count). The Hall–Kier alpha value is -2.75. The van der Waals surface area contributed by atoms with Crippen LogP contribution in [0.3, 0.4) is 0 Å². The van der Waals surface area contributed by atoms with Crippen LogP contribution in [0.2, 0.25) is 0 Å². The average Bonchev–Trinajstić information content (AvgIpc) is 3.24. The van der Waals surface area contributed by atoms with Gasteiger partial charge in [0.25, 0.3) is 5.91 Å². The first-order chi connectivity index (χ1) is 15.6. The molecule has 9 heteroatoms. The fourth-order valence-electron chi connectivity index (χ4n) is 3.76. The molecule has 1 aliphatic heterocycles. The maximum absolute atomic E-state index is 13.7. The van der Waals surface area contributed by atoms with Crippen molar-refractivity contribution in [3.63, 3.8) is 0 Å². The van der Waals surface area contributed by atoms with Gasteiger partial charge in [-0.05, 0) is 36.8 Å². The van der Waals surface area contributed by atoms with Gasteiger partial charge in [-0.3, -0.25) is 14.6 Å². The maximum Gasteiger partial charge on any atom is 0.263 e. The highest BCUT2D eigenvalue weighted by Crippen LogP contribution is 2.35. The number of carbonyl (C=O) groups excluding carboxylic acids is 1. The molecule has 7 nitrogen and oxygen atoms in total. The smallest absolute Gasteiger partial charge is 0.263 e. The van der Waals surface area contributed by atoms with E-state index in [1.165, 1.54) is 37.7 Å². The van der Waals surface area contributed by atoms with Gasteiger partial charge in [-0.25, -0.2) is 9.37 Å². The van der Waals surface area contributed by atoms with E-state index in [2.05, 4.69) is 9.88 Å². The largest absolute Gasteiger partial charge is 0.493 e. The number of carbonyl (C=O) groups is 1. The van der Waals surface area contributed by atoms with Crippen LogP contribution >= 0.6 is 11.3 Å². The van der Waals surface area contributed by atoms with Crippen molar-refractivity contribution in [3.8, 4) is 11.5 Å². The number of morpholine rings is 1. The molecule has 0 spiro atoms. The molecule has 1 amide bonds. The Labute approximate surface area is 190 Å². The molecule has 3 aromatic rings. The third kappa shape index (κ3) is 4.85. The number of aromatic nitrogens is 1. The van der Waals surface area contributed by atoms with E-state index < -0.39 is 0 Å². The third-order valence-electron chi connectivity index (χ3n) is 5.41. The number of hydrogen-bond acceptors (Lipinski definition) is 7. The lowest BCUT2D eigenvalue weighted by Crippen LogP contribution is -2.39. The Morgan fingerprint density at radius 3 is 2.78 bits per heavy atom. The van der Waals surface area contributed by atoms with Gasteiger partial charge >= 0.3 is 0 Å². The summed E-state index contributed by atoms with van der Waals surface area (Å²) in [5.74, 6) is 0.304. The molecule has 0 unspecified atom stereocenters. The van der Waals surface area contributed by atoms with E-state index in [0.29, 0.717) is 39.0 Å². The fourth-order valence-corrected chi connectivity index (χ4v) is 4.78. The minimum Gasteiger partial charge on any atom is -0.493 e. The Morgan fingerprint density at radius 2 is 2.03 bits per heavy atom. The molecule has 1 fully saturated rings. The summed E-state index contributed by atoms with van der Waals surface area (Å²) in [4.78, 5) is 22.3. The number of rotatable bonds is 8. The molecular weight excluding hydrogens is 433 g/mol. The molecule has 0 saturated carbocycles. The van der Waals surface area contributed by atoms with E-state index in [4.69, 9.17) is 14.2 Å². The van der Waals surface area contributed by atoms with E-state index in [-0.39, 0.29) is 11.7 Å². The molecule has 0 atom stereocenters. The summed E-state index contributed by atoms with van der Waals surface area (Å²) < 4.78 is 30.7. The zero-order valence-corrected chi connectivity index (χ0v) is 19.0. The van der Waals surface area contributed by atoms with E-state index in [0.717, 1.165) is 39.3 Å². The van der Waals surface area contributed by atoms with Gasteiger partial charge < -0.3 is 14.2 Å². The second-order valence-electron chi connectivity index (χ2n) is 7.41. The van der Waals surface area contributed by atoms with Gasteiger partial charge in [-0.15, -0.1) is 0 Å². The third-order valence-corrected chi connectivity index (χ3v) is 6.45. The van der Waals surface area contributed by atoms with Crippen LogP contribution < -0.4 is 14.4 Å². The lowest BCUT2D eigenvalue weighted by Gasteiger charge is -2.28. The van der Waals surface area contributed by atoms with Crippen LogP contribution in [0.4, 0.5) is 9.52 Å². The highest BCUT2D eigenvalue weighted by Gasteiger charge is 2.26. The summed E-state index contributed by atoms with van der Waals surface area (Å²) in [6.45, 7) is 4.55. The number of thiazole rings is 1. The van der Waals surface area contributed by atoms with Crippen molar-refractivity contribution >= 4 is 32.6 Å². The number of ether oxygens (including phenoxy) is 3. The summed E-state index contributed by atoms with van der Waals surface area (Å²) in [7, 11) is 3.05. The topological polar surface area (TPSA) is 64.1 Å². The molecule has 0 N–H and O–H groups in total. The normalized spacial score (nSPS) is 14.5. The van der Waals surface area contributed by atoms with Crippen LogP contribution in [0.1, 0.15) is 16.8 Å². The van der Waals surface area contributed by atoms with E-state index in [9.17, 15) is 9.18 Å². The monoisotopic (exact) mass is 459 g/mol. The average molecular weight is 460 g/mol. The quantitative estimate of drug-likeness (QED) is 0.510. The van der Waals surface area contributed by atoms with Crippen molar-refractivity contribution in [2.24, 2.45) is 0 Å². The molecule has 2 heterocycles. The van der Waals surface area contributed by atoms with Crippen LogP contribution in [0.15, 0.2) is 36.4 Å². The standard InChI is InChI=1S/C23H26FN3O4S/c1-29-19-6-3-5-17(21(19)30-2)22(28)27(10-4-9-26-11-13-31-14-12-26)23-25-18-8-7-16(24)15-20(18)32-23/h3,5-8,15H,4,9-14H2,1-2H3. The molecule has 2 aromatic carbocycles. The van der Waals surface area contributed by atoms with Gasteiger partial charge in [0.15, 0.2) is 16.6 Å². The number of amides is 1. The summed E-state index contributed by atoms with van der Waals surface area (Å²) >= 11 is 1.30. The second kappa shape index (κ2) is 10.2. The Morgan fingerprint density at radius 1 is 1.22 bits per heavy atom. The van der Waals surface area contributed by atoms with Crippen LogP contribution in [0.25, 0.3) is 10.2 Å². The van der Waals surface area contributed by atoms with Gasteiger partial charge in [0, 0.05) is 26.2 Å². The lowest BCUT2D eigenvalue weighted by molar-refractivity contribution is 0.0376. The molecule has 1 aromatic heterocycles. The lowest BCUT2D eigenvalue weighted by atomic mass is 10.1. The van der Waals surface area contributed by atoms with Crippen molar-refractivity contribution in [2.75, 3.05) is 58.5 Å². The second-order valence-corrected chi connectivity index (χ2v) is 8.42. The van der Waals surface area contributed by atoms with Crippen molar-refractivity contribution in [1.82, 2.24) is 9.88 Å². The zero-order valence-electron chi connectivity index (χ0n) is 18.2. The number of methoxy groups -OCH3 is 2. The van der Waals surface area contributed by atoms with Crippen molar-refractivity contribution in [3.05, 3.63) is 47.8 Å². The van der Waals surface area contributed by atoms with Crippen molar-refractivity contribution < 1.29 is 23.4 Å². The molecule has 32 heavy (non-hydrogen) atoms. The number of fused-ring (bicyclic) bond motifs is 1. The van der Waals surface area contributed by atoms with Gasteiger partial charge in [0.05, 0.1) is 43.2 Å². The number of nitrogens with zero attached hydrogens (tertiary/aromatic N) is 3. The molecule has 0 aliphatic carbocycles. The minimum atomic E-state index is -0.327. The molecule has 170 valence electrons. The minimum absolute atomic E-state index is 0.234. The highest BCUT2D eigenvalue weighted by atomic mass is 32.1. The van der Waals surface area contributed by atoms with Crippen LogP contribution in [-0.2, 0) is 4.74 Å². The first-order valence-electron chi connectivity index (χ1n) is 10.5. The number of anilines is 1. The van der Waals surface area contributed by atoms with Crippen LogP contribution in [0, 0.1) is 5.82 Å². The number of benzene rings is 2. The summed E-state index contributed by atoms with van der Waals surface area (Å²) in [6, 6.07) is 9.67. The fraction of sp³-hybridized carbons (Fsp3) is 0.391. The predicted octanol–water partition coefficient (Wildman–Crippen LogP) is 3.82. The first kappa shape index (κ1) is 22.4. The summed E-state index contributed by atoms with van der Waals surface area (Å²) in [5, 5.41) is 0.530. The van der Waals surface area contributed by atoms with E-state index in [1.807, 2.05) is 0 Å². The Balaban J connectivity index is 1.64. The Bertz CT molecular complexity index is 1080. The van der Waals surface area contributed by atoms with Crippen LogP contribution in [-0.4, -0.2) is 69.4 Å². The molecule has 1 aliphatic rings. The highest BCUT2D eigenvalue weighted by molar-refractivity contribution is 7.22. The van der Waals surface area contributed by atoms with Crippen molar-refractivity contribution in [2.45, 2.75) is 6.42 Å². The molecule has 1 saturated heterocycles. The van der Waals surface area contributed by atoms with Gasteiger partial charge in [0.2, 0.25) is 0 Å². The maximum atomic E-state index is 13.7. The first-order valence-corrected chi connectivity index (χ1v) is 11.3. The van der Waals surface area contributed by atoms with Crippen LogP contribution in [0.5, 0.6) is 11.5 Å². The van der Waals surface area contributed by atoms with Crippen molar-refractivity contribution in [1.29, 1.82) is 0 Å². The van der Waals surface area contributed by atoms with Gasteiger partial charge in [0.1, 0.15) is 5.82 Å². The number of hydrogen-bond donors (Lipinski definition) is 0. The number of para-hydroxylation sites is 1. The number of halogens is 1. The molecule has 0 radical (unpaired) electrons. The van der Waals surface area contributed by atoms with E-state index in [1.54, 1.807) is 29.2 Å². The van der Waals surface area contributed by atoms with Gasteiger partial charge in [-0.2, -0.15) is 0 Å².